The quantitative estimate of drug-likeness (QED) is 0.731. The molecule has 1 aromatic carbocycles. The summed E-state index contributed by atoms with van der Waals surface area (Å²) in [7, 11) is 0. The van der Waals surface area contributed by atoms with Crippen LogP contribution in [0.25, 0.3) is 22.2 Å². The Labute approximate surface area is 145 Å². The molecular formula is C17H21N7O. The number of amides is 1. The molecule has 1 saturated heterocycles. The fraction of sp³-hybridized carbons (Fsp3) is 0.412. The smallest absolute Gasteiger partial charge is 0.269 e. The zero-order chi connectivity index (χ0) is 17.2. The van der Waals surface area contributed by atoms with Crippen molar-refractivity contribution in [2.24, 2.45) is 5.73 Å². The molecule has 3 heterocycles. The van der Waals surface area contributed by atoms with Gasteiger partial charge in [-0.05, 0) is 38.1 Å². The van der Waals surface area contributed by atoms with Crippen LogP contribution in [-0.4, -0.2) is 55.6 Å². The molecule has 8 heteroatoms. The van der Waals surface area contributed by atoms with Gasteiger partial charge in [-0.15, -0.1) is 5.10 Å². The number of piperidine rings is 1. The third-order valence-electron chi connectivity index (χ3n) is 4.72. The Bertz CT molecular complexity index is 891. The number of H-pyrrole nitrogens is 1. The van der Waals surface area contributed by atoms with E-state index in [0.717, 1.165) is 29.9 Å². The lowest BCUT2D eigenvalue weighted by Crippen LogP contribution is -2.32. The van der Waals surface area contributed by atoms with Crippen molar-refractivity contribution in [1.29, 1.82) is 0 Å². The van der Waals surface area contributed by atoms with Gasteiger partial charge in [0.05, 0.1) is 18.3 Å². The lowest BCUT2D eigenvalue weighted by Gasteiger charge is -2.25. The second-order valence-corrected chi connectivity index (χ2v) is 6.47. The first-order valence-corrected chi connectivity index (χ1v) is 8.61. The monoisotopic (exact) mass is 339 g/mol. The summed E-state index contributed by atoms with van der Waals surface area (Å²) in [6, 6.07) is 5.65. The van der Waals surface area contributed by atoms with Crippen molar-refractivity contribution < 1.29 is 4.79 Å². The van der Waals surface area contributed by atoms with Crippen molar-refractivity contribution in [1.82, 2.24) is 30.1 Å². The number of nitrogens with two attached hydrogens (primary N) is 1. The molecule has 1 amide bonds. The second-order valence-electron chi connectivity index (χ2n) is 6.47. The Balaban J connectivity index is 1.49. The maximum Gasteiger partial charge on any atom is 0.269 e. The highest BCUT2D eigenvalue weighted by Gasteiger charge is 2.13. The molecule has 1 fully saturated rings. The molecule has 0 spiro atoms. The van der Waals surface area contributed by atoms with Crippen molar-refractivity contribution in [3.63, 3.8) is 0 Å². The van der Waals surface area contributed by atoms with E-state index in [0.29, 0.717) is 5.39 Å². The number of nitrogens with one attached hydrogen (secondary N) is 1. The Morgan fingerprint density at radius 2 is 2.04 bits per heavy atom. The van der Waals surface area contributed by atoms with E-state index in [9.17, 15) is 4.79 Å². The van der Waals surface area contributed by atoms with Gasteiger partial charge in [0.25, 0.3) is 5.91 Å². The van der Waals surface area contributed by atoms with Crippen molar-refractivity contribution in [2.45, 2.75) is 25.8 Å². The molecule has 3 N–H and O–H groups in total. The van der Waals surface area contributed by atoms with Gasteiger partial charge in [-0.3, -0.25) is 14.6 Å². The fourth-order valence-electron chi connectivity index (χ4n) is 3.33. The topological polar surface area (TPSA) is 106 Å². The van der Waals surface area contributed by atoms with Crippen LogP contribution in [0.1, 0.15) is 29.8 Å². The van der Waals surface area contributed by atoms with E-state index in [1.54, 1.807) is 0 Å². The van der Waals surface area contributed by atoms with Gasteiger partial charge < -0.3 is 10.6 Å². The largest absolute Gasteiger partial charge is 0.364 e. The highest BCUT2D eigenvalue weighted by molar-refractivity contribution is 6.04. The zero-order valence-electron chi connectivity index (χ0n) is 14.0. The summed E-state index contributed by atoms with van der Waals surface area (Å²) in [5.74, 6) is -0.539. The third-order valence-corrected chi connectivity index (χ3v) is 4.72. The first kappa shape index (κ1) is 15.8. The summed E-state index contributed by atoms with van der Waals surface area (Å²) >= 11 is 0. The van der Waals surface area contributed by atoms with Crippen molar-refractivity contribution >= 4 is 16.8 Å². The number of benzene rings is 1. The third kappa shape index (κ3) is 3.25. The number of likely N-dealkylation sites (tertiary alicyclic amines) is 1. The molecule has 1 aliphatic rings. The maximum atomic E-state index is 11.3. The zero-order valence-corrected chi connectivity index (χ0v) is 14.0. The Kier molecular flexibility index (Phi) is 4.19. The molecule has 0 bridgehead atoms. The minimum absolute atomic E-state index is 0.256. The van der Waals surface area contributed by atoms with E-state index in [1.807, 2.05) is 29.1 Å². The Hall–Kier alpha value is -2.74. The number of rotatable bonds is 5. The number of primary amides is 1. The summed E-state index contributed by atoms with van der Waals surface area (Å²) in [6.45, 7) is 4.20. The lowest BCUT2D eigenvalue weighted by molar-refractivity contribution is 0.0997. The van der Waals surface area contributed by atoms with Gasteiger partial charge in [0.1, 0.15) is 5.69 Å². The van der Waals surface area contributed by atoms with Crippen LogP contribution in [0.3, 0.4) is 0 Å². The minimum Gasteiger partial charge on any atom is -0.364 e. The molecule has 0 saturated carbocycles. The molecule has 0 aliphatic carbocycles. The van der Waals surface area contributed by atoms with Gasteiger partial charge in [0.15, 0.2) is 5.69 Å². The molecule has 0 radical (unpaired) electrons. The van der Waals surface area contributed by atoms with E-state index in [2.05, 4.69) is 25.4 Å². The molecule has 3 aromatic rings. The van der Waals surface area contributed by atoms with Gasteiger partial charge in [0, 0.05) is 17.5 Å². The summed E-state index contributed by atoms with van der Waals surface area (Å²) in [5.41, 5.74) is 8.06. The average Bonchev–Trinajstić information content (AvgIpc) is 3.27. The predicted octanol–water partition coefficient (Wildman–Crippen LogP) is 1.41. The van der Waals surface area contributed by atoms with Crippen molar-refractivity contribution in [2.75, 3.05) is 19.6 Å². The second kappa shape index (κ2) is 6.64. The van der Waals surface area contributed by atoms with Gasteiger partial charge in [-0.2, -0.15) is 5.10 Å². The van der Waals surface area contributed by atoms with E-state index in [-0.39, 0.29) is 5.69 Å². The molecule has 0 atom stereocenters. The predicted molar refractivity (Wildman–Crippen MR) is 93.9 cm³/mol. The van der Waals surface area contributed by atoms with Crippen LogP contribution < -0.4 is 5.73 Å². The van der Waals surface area contributed by atoms with Gasteiger partial charge in [-0.1, -0.05) is 17.7 Å². The summed E-state index contributed by atoms with van der Waals surface area (Å²) in [6.07, 6.45) is 5.88. The first-order chi connectivity index (χ1) is 12.2. The van der Waals surface area contributed by atoms with Gasteiger partial charge in [0.2, 0.25) is 0 Å². The number of nitrogens with zero attached hydrogens (tertiary/aromatic N) is 5. The SMILES string of the molecule is NC(=O)c1n[nH]c2cc(-c3cn(CCN4CCCCC4)nn3)ccc12. The Morgan fingerprint density at radius 3 is 2.84 bits per heavy atom. The fourth-order valence-corrected chi connectivity index (χ4v) is 3.33. The normalized spacial score (nSPS) is 15.7. The molecule has 1 aliphatic heterocycles. The summed E-state index contributed by atoms with van der Waals surface area (Å²) < 4.78 is 1.88. The lowest BCUT2D eigenvalue weighted by atomic mass is 10.1. The number of aromatic amines is 1. The van der Waals surface area contributed by atoms with Crippen LogP contribution in [0.4, 0.5) is 0 Å². The van der Waals surface area contributed by atoms with Gasteiger partial charge in [-0.25, -0.2) is 0 Å². The van der Waals surface area contributed by atoms with Crippen LogP contribution in [0, 0.1) is 0 Å². The van der Waals surface area contributed by atoms with E-state index < -0.39 is 5.91 Å². The molecule has 2 aromatic heterocycles. The van der Waals surface area contributed by atoms with Gasteiger partial charge >= 0.3 is 0 Å². The number of hydrogen-bond acceptors (Lipinski definition) is 5. The van der Waals surface area contributed by atoms with E-state index in [4.69, 9.17) is 5.73 Å². The van der Waals surface area contributed by atoms with E-state index >= 15 is 0 Å². The number of fused-ring (bicyclic) bond motifs is 1. The molecule has 130 valence electrons. The molecular weight excluding hydrogens is 318 g/mol. The summed E-state index contributed by atoms with van der Waals surface area (Å²) in [5, 5.41) is 16.0. The van der Waals surface area contributed by atoms with Crippen molar-refractivity contribution in [3.8, 4) is 11.3 Å². The van der Waals surface area contributed by atoms with Crippen LogP contribution in [-0.2, 0) is 6.54 Å². The van der Waals surface area contributed by atoms with E-state index in [1.165, 1.54) is 32.4 Å². The van der Waals surface area contributed by atoms with Crippen molar-refractivity contribution in [3.05, 3.63) is 30.1 Å². The summed E-state index contributed by atoms with van der Waals surface area (Å²) in [4.78, 5) is 13.8. The molecule has 4 rings (SSSR count). The van der Waals surface area contributed by atoms with Crippen LogP contribution in [0.15, 0.2) is 24.4 Å². The number of carbonyl (C=O) groups excluding carboxylic acids is 1. The minimum atomic E-state index is -0.539. The first-order valence-electron chi connectivity index (χ1n) is 8.61. The van der Waals surface area contributed by atoms with Crippen LogP contribution in [0.5, 0.6) is 0 Å². The maximum absolute atomic E-state index is 11.3. The number of hydrogen-bond donors (Lipinski definition) is 2. The van der Waals surface area contributed by atoms with Crippen LogP contribution >= 0.6 is 0 Å². The molecule has 8 nitrogen and oxygen atoms in total. The Morgan fingerprint density at radius 1 is 1.20 bits per heavy atom. The molecule has 25 heavy (non-hydrogen) atoms. The standard InChI is InChI=1S/C17H21N7O/c18-17(25)16-13-5-4-12(10-14(13)19-21-16)15-11-24(22-20-15)9-8-23-6-2-1-3-7-23/h4-5,10-11H,1-3,6-9H2,(H2,18,25)(H,19,21). The molecule has 0 unspecified atom stereocenters. The average molecular weight is 339 g/mol. The van der Waals surface area contributed by atoms with Crippen LogP contribution in [0.2, 0.25) is 0 Å². The number of aromatic nitrogens is 5. The highest BCUT2D eigenvalue weighted by atomic mass is 16.1. The number of carbonyl (C=O) groups is 1. The highest BCUT2D eigenvalue weighted by Crippen LogP contribution is 2.23.